The van der Waals surface area contributed by atoms with E-state index in [0.717, 1.165) is 58.0 Å². The molecular weight excluding hydrogens is 551 g/mol. The first-order valence-electron chi connectivity index (χ1n) is 14.5. The molecule has 0 aromatic carbocycles. The molecule has 9 heteroatoms. The minimum atomic E-state index is -2.62. The van der Waals surface area contributed by atoms with Crippen LogP contribution in [0.1, 0.15) is 84.9 Å². The van der Waals surface area contributed by atoms with Gasteiger partial charge < -0.3 is 14.4 Å². The van der Waals surface area contributed by atoms with Crippen LogP contribution in [0.25, 0.3) is 0 Å². The average molecular weight is 602 g/mol. The molecule has 0 bridgehead atoms. The third-order valence-corrected chi connectivity index (χ3v) is 6.68. The Morgan fingerprint density at radius 2 is 1.80 bits per heavy atom. The molecule has 0 radical (unpaired) electrons. The van der Waals surface area contributed by atoms with Gasteiger partial charge in [0.1, 0.15) is 6.10 Å². The van der Waals surface area contributed by atoms with Crippen LogP contribution >= 0.6 is 11.6 Å². The Morgan fingerprint density at radius 3 is 2.27 bits per heavy atom. The first-order chi connectivity index (χ1) is 19.7. The summed E-state index contributed by atoms with van der Waals surface area (Å²) in [6.07, 6.45) is 21.3. The zero-order chi connectivity index (χ0) is 31.1. The highest BCUT2D eigenvalue weighted by Gasteiger charge is 2.49. The minimum absolute atomic E-state index is 0.109. The van der Waals surface area contributed by atoms with E-state index in [4.69, 9.17) is 16.3 Å². The number of nitrogens with zero attached hydrogens (tertiary/aromatic N) is 2. The number of rotatable bonds is 8. The summed E-state index contributed by atoms with van der Waals surface area (Å²) < 4.78 is 41.3. The van der Waals surface area contributed by atoms with Crippen LogP contribution in [0.15, 0.2) is 65.9 Å². The molecule has 1 N–H and O–H groups in total. The van der Waals surface area contributed by atoms with Gasteiger partial charge in [-0.05, 0) is 82.2 Å². The third kappa shape index (κ3) is 14.7. The number of hydrogen-bond acceptors (Lipinski definition) is 5. The number of halogens is 4. The number of methoxy groups -OCH3 is 1. The average Bonchev–Trinajstić information content (AvgIpc) is 3.26. The van der Waals surface area contributed by atoms with Gasteiger partial charge in [0.2, 0.25) is 0 Å². The van der Waals surface area contributed by atoms with Gasteiger partial charge in [-0.25, -0.2) is 0 Å². The highest BCUT2D eigenvalue weighted by atomic mass is 35.5. The summed E-state index contributed by atoms with van der Waals surface area (Å²) in [6.45, 7) is 11.5. The van der Waals surface area contributed by atoms with E-state index in [1.165, 1.54) is 36.7 Å². The van der Waals surface area contributed by atoms with Crippen LogP contribution in [0.2, 0.25) is 5.02 Å². The van der Waals surface area contributed by atoms with Crippen molar-refractivity contribution in [1.82, 2.24) is 15.4 Å². The summed E-state index contributed by atoms with van der Waals surface area (Å²) in [5, 5.41) is 0.713. The molecule has 0 aliphatic carbocycles. The molecule has 3 heterocycles. The third-order valence-electron chi connectivity index (χ3n) is 6.44. The topological polar surface area (TPSA) is 46.6 Å². The van der Waals surface area contributed by atoms with Crippen molar-refractivity contribution in [3.63, 3.8) is 0 Å². The second-order valence-corrected chi connectivity index (χ2v) is 9.81. The first-order valence-corrected chi connectivity index (χ1v) is 14.8. The molecule has 41 heavy (non-hydrogen) atoms. The van der Waals surface area contributed by atoms with Gasteiger partial charge in [-0.2, -0.15) is 14.3 Å². The molecule has 1 atom stereocenters. The number of hydrogen-bond donors (Lipinski definition) is 1. The Labute approximate surface area is 251 Å². The van der Waals surface area contributed by atoms with E-state index in [9.17, 15) is 13.3 Å². The van der Waals surface area contributed by atoms with Gasteiger partial charge in [0, 0.05) is 38.5 Å². The van der Waals surface area contributed by atoms with E-state index < -0.39 is 6.61 Å². The summed E-state index contributed by atoms with van der Waals surface area (Å²) in [4.78, 5) is 7.11. The SMILES string of the molecule is C/C=C1\C(=C/CC)C(c2cc(Cl)ccn2)OC12CCN(CCC)CC2.C/C=C\C/C=C\CC.CNF.COC(F)F. The lowest BCUT2D eigenvalue weighted by Crippen LogP contribution is -2.45. The lowest BCUT2D eigenvalue weighted by atomic mass is 9.81. The van der Waals surface area contributed by atoms with E-state index in [0.29, 0.717) is 5.02 Å². The maximum Gasteiger partial charge on any atom is 0.345 e. The highest BCUT2D eigenvalue weighted by Crippen LogP contribution is 2.52. The number of ether oxygens (including phenoxy) is 2. The molecule has 2 fully saturated rings. The van der Waals surface area contributed by atoms with Crippen LogP contribution < -0.4 is 5.54 Å². The second-order valence-electron chi connectivity index (χ2n) is 9.37. The summed E-state index contributed by atoms with van der Waals surface area (Å²) in [5.74, 6) is 0. The predicted octanol–water partition coefficient (Wildman–Crippen LogP) is 9.20. The van der Waals surface area contributed by atoms with Crippen molar-refractivity contribution in [2.45, 2.75) is 91.5 Å². The molecule has 2 saturated heterocycles. The number of alkyl halides is 2. The van der Waals surface area contributed by atoms with Gasteiger partial charge in [-0.3, -0.25) is 4.98 Å². The Balaban J connectivity index is 0.000000825. The molecule has 0 amide bonds. The Morgan fingerprint density at radius 1 is 1.17 bits per heavy atom. The molecule has 1 unspecified atom stereocenters. The zero-order valence-corrected chi connectivity index (χ0v) is 26.7. The fourth-order valence-electron chi connectivity index (χ4n) is 4.73. The molecule has 1 spiro atoms. The van der Waals surface area contributed by atoms with Crippen molar-refractivity contribution in [2.75, 3.05) is 33.8 Å². The molecule has 2 aliphatic rings. The molecule has 2 aliphatic heterocycles. The largest absolute Gasteiger partial charge is 0.356 e. The van der Waals surface area contributed by atoms with Crippen molar-refractivity contribution in [2.24, 2.45) is 0 Å². The van der Waals surface area contributed by atoms with Crippen molar-refractivity contribution in [1.29, 1.82) is 0 Å². The van der Waals surface area contributed by atoms with Gasteiger partial charge in [-0.15, -0.1) is 4.48 Å². The van der Waals surface area contributed by atoms with E-state index in [1.54, 1.807) is 6.20 Å². The van der Waals surface area contributed by atoms with Crippen LogP contribution in [0.4, 0.5) is 13.3 Å². The normalized spacial score (nSPS) is 20.2. The Bertz CT molecular complexity index is 931. The maximum atomic E-state index is 10.5. The summed E-state index contributed by atoms with van der Waals surface area (Å²) in [6, 6.07) is 3.76. The predicted molar refractivity (Wildman–Crippen MR) is 166 cm³/mol. The lowest BCUT2D eigenvalue weighted by Gasteiger charge is -2.39. The minimum Gasteiger partial charge on any atom is -0.356 e. The zero-order valence-electron chi connectivity index (χ0n) is 25.9. The molecule has 3 rings (SSSR count). The van der Waals surface area contributed by atoms with E-state index in [1.807, 2.05) is 19.1 Å². The summed E-state index contributed by atoms with van der Waals surface area (Å²) in [7, 11) is 2.16. The smallest absolute Gasteiger partial charge is 0.345 e. The van der Waals surface area contributed by atoms with E-state index >= 15 is 0 Å². The monoisotopic (exact) mass is 601 g/mol. The van der Waals surface area contributed by atoms with Crippen molar-refractivity contribution < 1.29 is 22.7 Å². The quantitative estimate of drug-likeness (QED) is 0.238. The van der Waals surface area contributed by atoms with Crippen molar-refractivity contribution in [3.05, 3.63) is 76.6 Å². The molecule has 5 nitrogen and oxygen atoms in total. The fraction of sp³-hybridized carbons (Fsp3) is 0.594. The maximum absolute atomic E-state index is 10.5. The van der Waals surface area contributed by atoms with E-state index in [-0.39, 0.29) is 11.7 Å². The number of allylic oxidation sites excluding steroid dienone is 6. The van der Waals surface area contributed by atoms with Crippen molar-refractivity contribution in [3.8, 4) is 0 Å². The van der Waals surface area contributed by atoms with E-state index in [2.05, 4.69) is 78.8 Å². The van der Waals surface area contributed by atoms with Crippen LogP contribution in [0.5, 0.6) is 0 Å². The molecular formula is C32H51ClF3N3O2. The van der Waals surface area contributed by atoms with Crippen LogP contribution in [-0.2, 0) is 9.47 Å². The number of aromatic nitrogens is 1. The molecule has 0 saturated carbocycles. The van der Waals surface area contributed by atoms with Crippen LogP contribution in [0.3, 0.4) is 0 Å². The van der Waals surface area contributed by atoms with Gasteiger partial charge >= 0.3 is 6.61 Å². The van der Waals surface area contributed by atoms with Gasteiger partial charge in [0.15, 0.2) is 0 Å². The number of likely N-dealkylation sites (tertiary alicyclic amines) is 1. The highest BCUT2D eigenvalue weighted by molar-refractivity contribution is 6.30. The number of pyridine rings is 1. The van der Waals surface area contributed by atoms with Crippen LogP contribution in [0, 0.1) is 0 Å². The number of nitrogens with one attached hydrogen (secondary N) is 1. The molecule has 234 valence electrons. The molecule has 1 aromatic heterocycles. The standard InChI is InChI=1S/C21H29ClN2O.C8H14.C2H4F2O.CH4FN/c1-4-7-17-18(6-3)21(9-13-24(12-5-2)14-10-21)25-20(17)19-15-16(22)8-11-23-19;1-3-5-7-8-6-4-2;1-5-2(3)4;1-3-2/h6-8,11,15,20H,4-5,9-10,12-14H2,1-3H3;3,5-6,8H,4,7H2,1-2H3;2H,1H3;3H,1H3/b17-7+,18-6+;5-3-,8-6-;;. The van der Waals surface area contributed by atoms with Gasteiger partial charge in [0.05, 0.1) is 11.3 Å². The first kappa shape index (κ1) is 39.0. The van der Waals surface area contributed by atoms with Gasteiger partial charge in [-0.1, -0.05) is 68.8 Å². The van der Waals surface area contributed by atoms with Crippen LogP contribution in [-0.4, -0.2) is 55.9 Å². The van der Waals surface area contributed by atoms with Crippen molar-refractivity contribution >= 4 is 11.6 Å². The second kappa shape index (κ2) is 23.6. The van der Waals surface area contributed by atoms with Gasteiger partial charge in [0.25, 0.3) is 0 Å². The summed E-state index contributed by atoms with van der Waals surface area (Å²) in [5.41, 5.74) is 4.63. The number of piperidine rings is 1. The summed E-state index contributed by atoms with van der Waals surface area (Å²) >= 11 is 6.21. The fourth-order valence-corrected chi connectivity index (χ4v) is 4.89. The Hall–Kier alpha value is -1.97. The molecule has 1 aromatic rings. The Kier molecular flexibility index (Phi) is 22.4. The lowest BCUT2D eigenvalue weighted by molar-refractivity contribution is -0.105.